The summed E-state index contributed by atoms with van der Waals surface area (Å²) in [5.41, 5.74) is 1.97. The SMILES string of the molecule is Cc1cccc(NC(C)C(=O)NC(=O)NCC(C)C)c1. The highest BCUT2D eigenvalue weighted by atomic mass is 16.2. The molecule has 1 aromatic rings. The molecule has 5 nitrogen and oxygen atoms in total. The monoisotopic (exact) mass is 277 g/mol. The number of benzene rings is 1. The van der Waals surface area contributed by atoms with Gasteiger partial charge >= 0.3 is 6.03 Å². The fourth-order valence-corrected chi connectivity index (χ4v) is 1.61. The number of aryl methyl sites for hydroxylation is 1. The molecule has 0 aliphatic heterocycles. The second kappa shape index (κ2) is 7.53. The summed E-state index contributed by atoms with van der Waals surface area (Å²) in [6.45, 7) is 8.22. The van der Waals surface area contributed by atoms with E-state index in [4.69, 9.17) is 0 Å². The van der Waals surface area contributed by atoms with Crippen molar-refractivity contribution in [3.63, 3.8) is 0 Å². The van der Waals surface area contributed by atoms with Crippen molar-refractivity contribution in [3.05, 3.63) is 29.8 Å². The average molecular weight is 277 g/mol. The van der Waals surface area contributed by atoms with Gasteiger partial charge in [-0.2, -0.15) is 0 Å². The molecule has 5 heteroatoms. The fraction of sp³-hybridized carbons (Fsp3) is 0.467. The van der Waals surface area contributed by atoms with Gasteiger partial charge in [0.2, 0.25) is 5.91 Å². The molecule has 0 saturated heterocycles. The largest absolute Gasteiger partial charge is 0.374 e. The van der Waals surface area contributed by atoms with E-state index < -0.39 is 12.1 Å². The molecular weight excluding hydrogens is 254 g/mol. The fourth-order valence-electron chi connectivity index (χ4n) is 1.61. The summed E-state index contributed by atoms with van der Waals surface area (Å²) < 4.78 is 0. The Morgan fingerprint density at radius 3 is 2.50 bits per heavy atom. The second-order valence-electron chi connectivity index (χ2n) is 5.33. The summed E-state index contributed by atoms with van der Waals surface area (Å²) in [7, 11) is 0. The van der Waals surface area contributed by atoms with E-state index in [1.165, 1.54) is 0 Å². The van der Waals surface area contributed by atoms with Crippen LogP contribution in [0.15, 0.2) is 24.3 Å². The highest BCUT2D eigenvalue weighted by Gasteiger charge is 2.15. The van der Waals surface area contributed by atoms with Crippen molar-refractivity contribution in [1.29, 1.82) is 0 Å². The maximum Gasteiger partial charge on any atom is 0.321 e. The van der Waals surface area contributed by atoms with Gasteiger partial charge in [0.15, 0.2) is 0 Å². The topological polar surface area (TPSA) is 70.2 Å². The van der Waals surface area contributed by atoms with Crippen LogP contribution in [0.4, 0.5) is 10.5 Å². The molecule has 0 aliphatic carbocycles. The lowest BCUT2D eigenvalue weighted by Gasteiger charge is -2.15. The van der Waals surface area contributed by atoms with Crippen LogP contribution in [-0.2, 0) is 4.79 Å². The molecule has 0 heterocycles. The number of carbonyl (C=O) groups excluding carboxylic acids is 2. The van der Waals surface area contributed by atoms with Crippen LogP contribution in [0.3, 0.4) is 0 Å². The number of hydrogen-bond donors (Lipinski definition) is 3. The molecule has 0 fully saturated rings. The molecule has 1 unspecified atom stereocenters. The van der Waals surface area contributed by atoms with Gasteiger partial charge in [0.05, 0.1) is 0 Å². The van der Waals surface area contributed by atoms with Crippen molar-refractivity contribution in [2.45, 2.75) is 33.7 Å². The summed E-state index contributed by atoms with van der Waals surface area (Å²) in [5.74, 6) is -0.00791. The van der Waals surface area contributed by atoms with Crippen molar-refractivity contribution >= 4 is 17.6 Å². The molecule has 0 aliphatic rings. The van der Waals surface area contributed by atoms with Gasteiger partial charge in [-0.1, -0.05) is 26.0 Å². The third-order valence-corrected chi connectivity index (χ3v) is 2.70. The minimum Gasteiger partial charge on any atom is -0.374 e. The Balaban J connectivity index is 2.45. The molecule has 20 heavy (non-hydrogen) atoms. The molecule has 1 aromatic carbocycles. The smallest absolute Gasteiger partial charge is 0.321 e. The first-order valence-electron chi connectivity index (χ1n) is 6.80. The number of carbonyl (C=O) groups is 2. The summed E-state index contributed by atoms with van der Waals surface area (Å²) in [4.78, 5) is 23.4. The zero-order valence-electron chi connectivity index (χ0n) is 12.5. The van der Waals surface area contributed by atoms with Gasteiger partial charge in [-0.25, -0.2) is 4.79 Å². The Morgan fingerprint density at radius 2 is 1.90 bits per heavy atom. The van der Waals surface area contributed by atoms with Gasteiger partial charge < -0.3 is 10.6 Å². The van der Waals surface area contributed by atoms with E-state index in [0.29, 0.717) is 12.5 Å². The van der Waals surface area contributed by atoms with Crippen LogP contribution in [0, 0.1) is 12.8 Å². The normalized spacial score (nSPS) is 11.8. The number of anilines is 1. The summed E-state index contributed by atoms with van der Waals surface area (Å²) >= 11 is 0. The van der Waals surface area contributed by atoms with Crippen molar-refractivity contribution < 1.29 is 9.59 Å². The van der Waals surface area contributed by atoms with Crippen molar-refractivity contribution in [3.8, 4) is 0 Å². The highest BCUT2D eigenvalue weighted by Crippen LogP contribution is 2.10. The van der Waals surface area contributed by atoms with E-state index in [-0.39, 0.29) is 5.91 Å². The van der Waals surface area contributed by atoms with Gasteiger partial charge in [-0.15, -0.1) is 0 Å². The lowest BCUT2D eigenvalue weighted by Crippen LogP contribution is -2.46. The lowest BCUT2D eigenvalue weighted by molar-refractivity contribution is -0.120. The zero-order valence-corrected chi connectivity index (χ0v) is 12.5. The Morgan fingerprint density at radius 1 is 1.20 bits per heavy atom. The number of nitrogens with one attached hydrogen (secondary N) is 3. The van der Waals surface area contributed by atoms with Crippen LogP contribution in [0.1, 0.15) is 26.3 Å². The third-order valence-electron chi connectivity index (χ3n) is 2.70. The number of hydrogen-bond acceptors (Lipinski definition) is 3. The van der Waals surface area contributed by atoms with Crippen molar-refractivity contribution in [1.82, 2.24) is 10.6 Å². The molecule has 3 amide bonds. The lowest BCUT2D eigenvalue weighted by atomic mass is 10.2. The number of amides is 3. The predicted octanol–water partition coefficient (Wildman–Crippen LogP) is 2.28. The van der Waals surface area contributed by atoms with E-state index >= 15 is 0 Å². The van der Waals surface area contributed by atoms with Gasteiger partial charge in [-0.3, -0.25) is 10.1 Å². The first kappa shape index (κ1) is 16.0. The number of rotatable bonds is 5. The Kier molecular flexibility index (Phi) is 6.03. The van der Waals surface area contributed by atoms with Crippen molar-refractivity contribution in [2.75, 3.05) is 11.9 Å². The third kappa shape index (κ3) is 5.73. The van der Waals surface area contributed by atoms with Crippen molar-refractivity contribution in [2.24, 2.45) is 5.92 Å². The Hall–Kier alpha value is -2.04. The molecule has 110 valence electrons. The van der Waals surface area contributed by atoms with E-state index in [1.807, 2.05) is 45.0 Å². The van der Waals surface area contributed by atoms with E-state index in [0.717, 1.165) is 11.3 Å². The summed E-state index contributed by atoms with van der Waals surface area (Å²) in [6, 6.07) is 6.79. The maximum atomic E-state index is 11.9. The van der Waals surface area contributed by atoms with E-state index in [1.54, 1.807) is 6.92 Å². The van der Waals surface area contributed by atoms with Crippen LogP contribution in [0.2, 0.25) is 0 Å². The van der Waals surface area contributed by atoms with Crippen LogP contribution >= 0.6 is 0 Å². The van der Waals surface area contributed by atoms with Crippen LogP contribution in [0.5, 0.6) is 0 Å². The predicted molar refractivity (Wildman–Crippen MR) is 80.6 cm³/mol. The number of imide groups is 1. The zero-order chi connectivity index (χ0) is 15.1. The molecule has 0 bridgehead atoms. The van der Waals surface area contributed by atoms with E-state index in [9.17, 15) is 9.59 Å². The minimum absolute atomic E-state index is 0.346. The highest BCUT2D eigenvalue weighted by molar-refractivity contribution is 5.97. The summed E-state index contributed by atoms with van der Waals surface area (Å²) in [6.07, 6.45) is 0. The van der Waals surface area contributed by atoms with Gasteiger partial charge in [0, 0.05) is 12.2 Å². The summed E-state index contributed by atoms with van der Waals surface area (Å²) in [5, 5.41) is 8.02. The first-order valence-corrected chi connectivity index (χ1v) is 6.80. The molecule has 1 atom stereocenters. The molecule has 0 radical (unpaired) electrons. The molecule has 3 N–H and O–H groups in total. The Labute approximate surface area is 120 Å². The molecular formula is C15H23N3O2. The number of urea groups is 1. The molecule has 0 aromatic heterocycles. The average Bonchev–Trinajstić information content (AvgIpc) is 2.36. The van der Waals surface area contributed by atoms with Crippen LogP contribution < -0.4 is 16.0 Å². The molecule has 1 rings (SSSR count). The maximum absolute atomic E-state index is 11.9. The van der Waals surface area contributed by atoms with Gasteiger partial charge in [-0.05, 0) is 37.5 Å². The quantitative estimate of drug-likeness (QED) is 0.773. The molecule has 0 spiro atoms. The minimum atomic E-state index is -0.485. The standard InChI is InChI=1S/C15H23N3O2/c1-10(2)9-16-15(20)18-14(19)12(4)17-13-7-5-6-11(3)8-13/h5-8,10,12,17H,9H2,1-4H3,(H2,16,18,19,20). The van der Waals surface area contributed by atoms with Crippen LogP contribution in [-0.4, -0.2) is 24.5 Å². The first-order chi connectivity index (χ1) is 9.38. The van der Waals surface area contributed by atoms with Gasteiger partial charge in [0.25, 0.3) is 0 Å². The Bertz CT molecular complexity index is 472. The van der Waals surface area contributed by atoms with E-state index in [2.05, 4.69) is 16.0 Å². The van der Waals surface area contributed by atoms with Crippen LogP contribution in [0.25, 0.3) is 0 Å². The molecule has 0 saturated carbocycles. The van der Waals surface area contributed by atoms with Gasteiger partial charge in [0.1, 0.15) is 6.04 Å². The second-order valence-corrected chi connectivity index (χ2v) is 5.33.